The predicted octanol–water partition coefficient (Wildman–Crippen LogP) is 5.15. The van der Waals surface area contributed by atoms with Crippen LogP contribution in [0.3, 0.4) is 0 Å². The zero-order valence-electron chi connectivity index (χ0n) is 19.6. The highest BCUT2D eigenvalue weighted by Gasteiger charge is 2.33. The fourth-order valence-electron chi connectivity index (χ4n) is 4.20. The Labute approximate surface area is 214 Å². The van der Waals surface area contributed by atoms with E-state index in [9.17, 15) is 9.59 Å². The molecule has 1 aliphatic rings. The Bertz CT molecular complexity index is 1310. The molecule has 7 heteroatoms. The molecule has 2 amide bonds. The molecule has 1 aromatic heterocycles. The highest BCUT2D eigenvalue weighted by Crippen LogP contribution is 2.37. The average Bonchev–Trinajstić information content (AvgIpc) is 3.44. The Morgan fingerprint density at radius 1 is 0.861 bits per heavy atom. The van der Waals surface area contributed by atoms with Gasteiger partial charge < -0.3 is 14.8 Å². The first-order valence-electron chi connectivity index (χ1n) is 11.8. The van der Waals surface area contributed by atoms with Crippen LogP contribution in [0.15, 0.2) is 96.4 Å². The van der Waals surface area contributed by atoms with Gasteiger partial charge in [0.15, 0.2) is 11.5 Å². The minimum absolute atomic E-state index is 0.182. The summed E-state index contributed by atoms with van der Waals surface area (Å²) in [5, 5.41) is 4.98. The van der Waals surface area contributed by atoms with Crippen molar-refractivity contribution in [1.29, 1.82) is 0 Å². The average molecular weight is 499 g/mol. The number of nitrogens with zero attached hydrogens (tertiary/aromatic N) is 1. The number of nitrogens with one attached hydrogen (secondary N) is 1. The molecule has 6 nitrogen and oxygen atoms in total. The van der Waals surface area contributed by atoms with E-state index >= 15 is 0 Å². The van der Waals surface area contributed by atoms with E-state index in [1.54, 1.807) is 23.1 Å². The molecule has 0 bridgehead atoms. The van der Waals surface area contributed by atoms with Crippen molar-refractivity contribution >= 4 is 28.8 Å². The summed E-state index contributed by atoms with van der Waals surface area (Å²) < 4.78 is 11.5. The molecule has 3 aromatic carbocycles. The summed E-state index contributed by atoms with van der Waals surface area (Å²) in [6.45, 7) is 1.26. The molecule has 36 heavy (non-hydrogen) atoms. The Morgan fingerprint density at radius 2 is 1.58 bits per heavy atom. The first-order valence-corrected chi connectivity index (χ1v) is 12.7. The molecule has 4 aromatic rings. The number of rotatable bonds is 8. The van der Waals surface area contributed by atoms with Crippen LogP contribution in [0, 0.1) is 0 Å². The SMILES string of the molecule is O=C(NCc1ccccc1)C(c1ccccc1)N(C(=O)Cc1cccs1)c1ccc2c(c1)OCCO2. The van der Waals surface area contributed by atoms with Crippen molar-refractivity contribution in [2.45, 2.75) is 19.0 Å². The zero-order chi connectivity index (χ0) is 24.7. The molecule has 1 aliphatic heterocycles. The van der Waals surface area contributed by atoms with Crippen molar-refractivity contribution in [3.63, 3.8) is 0 Å². The molecule has 2 heterocycles. The number of carbonyl (C=O) groups excluding carboxylic acids is 2. The summed E-state index contributed by atoms with van der Waals surface area (Å²) >= 11 is 1.52. The van der Waals surface area contributed by atoms with Crippen LogP contribution in [0.5, 0.6) is 11.5 Å². The number of carbonyl (C=O) groups is 2. The number of benzene rings is 3. The molecule has 5 rings (SSSR count). The van der Waals surface area contributed by atoms with Crippen molar-refractivity contribution in [2.75, 3.05) is 18.1 Å². The van der Waals surface area contributed by atoms with E-state index in [-0.39, 0.29) is 18.2 Å². The second-order valence-corrected chi connectivity index (χ2v) is 9.40. The third-order valence-corrected chi connectivity index (χ3v) is 6.79. The van der Waals surface area contributed by atoms with Gasteiger partial charge in [0.2, 0.25) is 11.8 Å². The van der Waals surface area contributed by atoms with Gasteiger partial charge in [-0.1, -0.05) is 66.7 Å². The lowest BCUT2D eigenvalue weighted by molar-refractivity contribution is -0.126. The number of hydrogen-bond acceptors (Lipinski definition) is 5. The maximum absolute atomic E-state index is 13.9. The van der Waals surface area contributed by atoms with E-state index in [2.05, 4.69) is 5.32 Å². The van der Waals surface area contributed by atoms with Gasteiger partial charge in [-0.2, -0.15) is 0 Å². The number of fused-ring (bicyclic) bond motifs is 1. The van der Waals surface area contributed by atoms with Crippen LogP contribution >= 0.6 is 11.3 Å². The van der Waals surface area contributed by atoms with Gasteiger partial charge in [0.1, 0.15) is 19.3 Å². The van der Waals surface area contributed by atoms with Gasteiger partial charge in [0.25, 0.3) is 0 Å². The van der Waals surface area contributed by atoms with E-state index in [0.717, 1.165) is 16.0 Å². The van der Waals surface area contributed by atoms with Crippen LogP contribution in [0.2, 0.25) is 0 Å². The van der Waals surface area contributed by atoms with Crippen molar-refractivity contribution in [1.82, 2.24) is 5.32 Å². The minimum Gasteiger partial charge on any atom is -0.486 e. The summed E-state index contributed by atoms with van der Waals surface area (Å²) in [6.07, 6.45) is 0.182. The Kier molecular flexibility index (Phi) is 7.28. The molecule has 1 atom stereocenters. The van der Waals surface area contributed by atoms with Gasteiger partial charge in [0.05, 0.1) is 6.42 Å². The molecule has 1 N–H and O–H groups in total. The van der Waals surface area contributed by atoms with E-state index in [4.69, 9.17) is 9.47 Å². The third kappa shape index (κ3) is 5.42. The smallest absolute Gasteiger partial charge is 0.248 e. The van der Waals surface area contributed by atoms with Gasteiger partial charge in [-0.25, -0.2) is 0 Å². The van der Waals surface area contributed by atoms with Crippen molar-refractivity contribution in [3.8, 4) is 11.5 Å². The monoisotopic (exact) mass is 498 g/mol. The third-order valence-electron chi connectivity index (χ3n) is 5.91. The Balaban J connectivity index is 1.53. The van der Waals surface area contributed by atoms with Gasteiger partial charge in [-0.3, -0.25) is 14.5 Å². The number of hydrogen-bond donors (Lipinski definition) is 1. The normalized spacial score (nSPS) is 13.0. The maximum atomic E-state index is 13.9. The predicted molar refractivity (Wildman–Crippen MR) is 140 cm³/mol. The van der Waals surface area contributed by atoms with Gasteiger partial charge in [-0.15, -0.1) is 11.3 Å². The fraction of sp³-hybridized carbons (Fsp3) is 0.172. The number of anilines is 1. The summed E-state index contributed by atoms with van der Waals surface area (Å²) in [5.74, 6) is 0.738. The largest absolute Gasteiger partial charge is 0.486 e. The van der Waals surface area contributed by atoms with Gasteiger partial charge >= 0.3 is 0 Å². The van der Waals surface area contributed by atoms with E-state index in [1.165, 1.54) is 11.3 Å². The second-order valence-electron chi connectivity index (χ2n) is 8.36. The summed E-state index contributed by atoms with van der Waals surface area (Å²) in [4.78, 5) is 30.1. The molecule has 0 saturated heterocycles. The molecule has 0 aliphatic carbocycles. The van der Waals surface area contributed by atoms with Crippen LogP contribution in [-0.4, -0.2) is 25.0 Å². The van der Waals surface area contributed by atoms with Gasteiger partial charge in [-0.05, 0) is 34.7 Å². The summed E-state index contributed by atoms with van der Waals surface area (Å²) in [7, 11) is 0. The van der Waals surface area contributed by atoms with Crippen molar-refractivity contribution < 1.29 is 19.1 Å². The molecule has 0 fully saturated rings. The molecule has 182 valence electrons. The van der Waals surface area contributed by atoms with E-state index < -0.39 is 6.04 Å². The molecule has 1 unspecified atom stereocenters. The molecule has 0 spiro atoms. The topological polar surface area (TPSA) is 67.9 Å². The van der Waals surface area contributed by atoms with Crippen LogP contribution in [0.4, 0.5) is 5.69 Å². The number of amides is 2. The van der Waals surface area contributed by atoms with Gasteiger partial charge in [0, 0.05) is 23.2 Å². The van der Waals surface area contributed by atoms with Crippen LogP contribution in [0.1, 0.15) is 22.0 Å². The standard InChI is InChI=1S/C29H26N2O4S/c32-27(19-24-12-7-17-36-24)31(23-13-14-25-26(18-23)35-16-15-34-25)28(22-10-5-2-6-11-22)29(33)30-20-21-8-3-1-4-9-21/h1-14,17-18,28H,15-16,19-20H2,(H,30,33). The van der Waals surface area contributed by atoms with E-state index in [0.29, 0.717) is 36.9 Å². The van der Waals surface area contributed by atoms with Crippen LogP contribution in [0.25, 0.3) is 0 Å². The fourth-order valence-corrected chi connectivity index (χ4v) is 4.90. The number of thiophene rings is 1. The Hall–Kier alpha value is -4.10. The minimum atomic E-state index is -0.870. The molecular formula is C29H26N2O4S. The van der Waals surface area contributed by atoms with Crippen molar-refractivity contribution in [2.24, 2.45) is 0 Å². The molecule has 0 saturated carbocycles. The first-order chi connectivity index (χ1) is 17.7. The highest BCUT2D eigenvalue weighted by atomic mass is 32.1. The lowest BCUT2D eigenvalue weighted by Gasteiger charge is -2.32. The van der Waals surface area contributed by atoms with Crippen LogP contribution < -0.4 is 19.7 Å². The zero-order valence-corrected chi connectivity index (χ0v) is 20.4. The summed E-state index contributed by atoms with van der Waals surface area (Å²) in [6, 6.07) is 27.5. The Morgan fingerprint density at radius 3 is 2.31 bits per heavy atom. The second kappa shape index (κ2) is 11.1. The molecular weight excluding hydrogens is 472 g/mol. The summed E-state index contributed by atoms with van der Waals surface area (Å²) in [5.41, 5.74) is 2.27. The first kappa shape index (κ1) is 23.6. The lowest BCUT2D eigenvalue weighted by Crippen LogP contribution is -2.44. The quantitative estimate of drug-likeness (QED) is 0.365. The van der Waals surface area contributed by atoms with Crippen LogP contribution in [-0.2, 0) is 22.6 Å². The lowest BCUT2D eigenvalue weighted by atomic mass is 10.0. The maximum Gasteiger partial charge on any atom is 0.248 e. The molecule has 0 radical (unpaired) electrons. The number of ether oxygens (including phenoxy) is 2. The van der Waals surface area contributed by atoms with E-state index in [1.807, 2.05) is 78.2 Å². The highest BCUT2D eigenvalue weighted by molar-refractivity contribution is 7.10. The van der Waals surface area contributed by atoms with Crippen molar-refractivity contribution in [3.05, 3.63) is 112 Å².